The van der Waals surface area contributed by atoms with Crippen molar-refractivity contribution in [2.75, 3.05) is 0 Å². The van der Waals surface area contributed by atoms with Crippen LogP contribution in [-0.4, -0.2) is 18.4 Å². The maximum absolute atomic E-state index is 13.0. The number of hydrogen-bond donors (Lipinski definition) is 0. The van der Waals surface area contributed by atoms with Crippen molar-refractivity contribution in [1.82, 2.24) is 0 Å². The summed E-state index contributed by atoms with van der Waals surface area (Å²) in [6, 6.07) is 14.2. The van der Waals surface area contributed by atoms with E-state index in [9.17, 15) is 18.0 Å². The smallest absolute Gasteiger partial charge is 0.419 e. The number of carbonyl (C=O) groups is 1. The second-order valence-corrected chi connectivity index (χ2v) is 5.83. The lowest BCUT2D eigenvalue weighted by atomic mass is 10.2. The summed E-state index contributed by atoms with van der Waals surface area (Å²) in [6.45, 7) is 2.96. The fourth-order valence-electron chi connectivity index (χ4n) is 1.71. The number of esters is 1. The number of rotatable bonds is 5. The molecule has 0 saturated heterocycles. The zero-order chi connectivity index (χ0) is 17.7. The summed E-state index contributed by atoms with van der Waals surface area (Å²) >= 11 is 1.89. The summed E-state index contributed by atoms with van der Waals surface area (Å²) in [5, 5.41) is 0. The molecule has 0 saturated carbocycles. The second kappa shape index (κ2) is 7.69. The summed E-state index contributed by atoms with van der Waals surface area (Å²) < 4.78 is 49.5. The number of benzene rings is 2. The molecule has 0 bridgehead atoms. The number of alkyl halides is 3. The van der Waals surface area contributed by atoms with Crippen molar-refractivity contribution in [3.63, 3.8) is 0 Å². The van der Waals surface area contributed by atoms with Crippen molar-refractivity contribution in [2.24, 2.45) is 0 Å². The van der Waals surface area contributed by atoms with Gasteiger partial charge in [0.05, 0.1) is 5.56 Å². The van der Waals surface area contributed by atoms with Crippen LogP contribution in [0.3, 0.4) is 0 Å². The highest BCUT2D eigenvalue weighted by atomic mass is 127. The minimum Gasteiger partial charge on any atom is -0.450 e. The SMILES string of the molecule is C=C(C(OC(=O)c1ccccc1I)Oc1ccccc1)C(F)(F)F. The summed E-state index contributed by atoms with van der Waals surface area (Å²) in [6.07, 6.45) is -6.74. The van der Waals surface area contributed by atoms with Crippen LogP contribution in [0.1, 0.15) is 10.4 Å². The van der Waals surface area contributed by atoms with Crippen LogP contribution >= 0.6 is 22.6 Å². The van der Waals surface area contributed by atoms with Gasteiger partial charge in [-0.05, 0) is 46.9 Å². The van der Waals surface area contributed by atoms with E-state index in [0.717, 1.165) is 0 Å². The predicted molar refractivity (Wildman–Crippen MR) is 90.6 cm³/mol. The van der Waals surface area contributed by atoms with Crippen molar-refractivity contribution in [3.05, 3.63) is 75.9 Å². The van der Waals surface area contributed by atoms with Crippen LogP contribution in [0.4, 0.5) is 13.2 Å². The Bertz CT molecular complexity index is 729. The van der Waals surface area contributed by atoms with Crippen molar-refractivity contribution in [1.29, 1.82) is 0 Å². The number of carbonyl (C=O) groups excluding carboxylic acids is 1. The van der Waals surface area contributed by atoms with Crippen LogP contribution in [0.15, 0.2) is 66.7 Å². The molecule has 0 fully saturated rings. The van der Waals surface area contributed by atoms with Gasteiger partial charge in [0.1, 0.15) is 11.3 Å². The van der Waals surface area contributed by atoms with Crippen LogP contribution in [0.2, 0.25) is 0 Å². The van der Waals surface area contributed by atoms with Gasteiger partial charge in [0.15, 0.2) is 0 Å². The molecule has 7 heteroatoms. The number of hydrogen-bond acceptors (Lipinski definition) is 3. The van der Waals surface area contributed by atoms with Gasteiger partial charge in [-0.2, -0.15) is 13.2 Å². The Hall–Kier alpha value is -2.03. The van der Waals surface area contributed by atoms with E-state index < -0.39 is 24.0 Å². The maximum Gasteiger partial charge on any atom is 0.419 e. The first kappa shape index (κ1) is 18.3. The summed E-state index contributed by atoms with van der Waals surface area (Å²) in [4.78, 5) is 12.2. The first-order valence-electron chi connectivity index (χ1n) is 6.72. The van der Waals surface area contributed by atoms with E-state index in [1.165, 1.54) is 18.2 Å². The minimum atomic E-state index is -4.76. The van der Waals surface area contributed by atoms with E-state index in [4.69, 9.17) is 9.47 Å². The third-order valence-electron chi connectivity index (χ3n) is 2.94. The Morgan fingerprint density at radius 1 is 1.04 bits per heavy atom. The molecular formula is C17H12F3IO3. The van der Waals surface area contributed by atoms with Crippen LogP contribution in [0, 0.1) is 3.57 Å². The first-order valence-corrected chi connectivity index (χ1v) is 7.80. The molecule has 2 rings (SSSR count). The Kier molecular flexibility index (Phi) is 5.87. The number of halogens is 4. The van der Waals surface area contributed by atoms with Gasteiger partial charge >= 0.3 is 12.1 Å². The lowest BCUT2D eigenvalue weighted by molar-refractivity contribution is -0.129. The lowest BCUT2D eigenvalue weighted by Gasteiger charge is -2.23. The molecule has 2 aromatic rings. The van der Waals surface area contributed by atoms with Crippen molar-refractivity contribution < 1.29 is 27.4 Å². The van der Waals surface area contributed by atoms with E-state index in [-0.39, 0.29) is 11.3 Å². The molecule has 0 amide bonds. The minimum absolute atomic E-state index is 0.128. The van der Waals surface area contributed by atoms with Gasteiger partial charge in [-0.15, -0.1) is 0 Å². The predicted octanol–water partition coefficient (Wildman–Crippen LogP) is 4.97. The molecular weight excluding hydrogens is 436 g/mol. The quantitative estimate of drug-likeness (QED) is 0.281. The maximum atomic E-state index is 13.0. The third-order valence-corrected chi connectivity index (χ3v) is 3.88. The molecule has 0 N–H and O–H groups in total. The van der Waals surface area contributed by atoms with Gasteiger partial charge in [-0.25, -0.2) is 4.79 Å². The lowest BCUT2D eigenvalue weighted by Crippen LogP contribution is -2.33. The van der Waals surface area contributed by atoms with E-state index in [0.29, 0.717) is 3.57 Å². The Morgan fingerprint density at radius 3 is 2.21 bits per heavy atom. The Morgan fingerprint density at radius 2 is 1.62 bits per heavy atom. The molecule has 1 unspecified atom stereocenters. The van der Waals surface area contributed by atoms with Crippen molar-refractivity contribution in [3.8, 4) is 5.75 Å². The van der Waals surface area contributed by atoms with E-state index in [1.807, 2.05) is 22.6 Å². The Labute approximate surface area is 150 Å². The average Bonchev–Trinajstić information content (AvgIpc) is 2.54. The zero-order valence-corrected chi connectivity index (χ0v) is 14.4. The molecule has 126 valence electrons. The molecule has 0 radical (unpaired) electrons. The van der Waals surface area contributed by atoms with Crippen molar-refractivity contribution in [2.45, 2.75) is 12.5 Å². The van der Waals surface area contributed by atoms with Gasteiger partial charge < -0.3 is 9.47 Å². The molecule has 0 aliphatic carbocycles. The summed E-state index contributed by atoms with van der Waals surface area (Å²) in [7, 11) is 0. The highest BCUT2D eigenvalue weighted by molar-refractivity contribution is 14.1. The molecule has 0 spiro atoms. The van der Waals surface area contributed by atoms with Crippen LogP contribution in [0.5, 0.6) is 5.75 Å². The highest BCUT2D eigenvalue weighted by Crippen LogP contribution is 2.30. The molecule has 0 aromatic heterocycles. The molecule has 0 aliphatic rings. The third kappa shape index (κ3) is 4.73. The highest BCUT2D eigenvalue weighted by Gasteiger charge is 2.40. The van der Waals surface area contributed by atoms with Crippen LogP contribution in [-0.2, 0) is 4.74 Å². The fraction of sp³-hybridized carbons (Fsp3) is 0.118. The molecule has 24 heavy (non-hydrogen) atoms. The van der Waals surface area contributed by atoms with Gasteiger partial charge in [-0.1, -0.05) is 36.9 Å². The molecule has 0 heterocycles. The van der Waals surface area contributed by atoms with E-state index in [1.54, 1.807) is 36.4 Å². The van der Waals surface area contributed by atoms with Crippen LogP contribution in [0.25, 0.3) is 0 Å². The summed E-state index contributed by atoms with van der Waals surface area (Å²) in [5.41, 5.74) is -1.15. The topological polar surface area (TPSA) is 35.5 Å². The van der Waals surface area contributed by atoms with Gasteiger partial charge in [0.2, 0.25) is 0 Å². The largest absolute Gasteiger partial charge is 0.450 e. The Balaban J connectivity index is 2.24. The zero-order valence-electron chi connectivity index (χ0n) is 12.2. The van der Waals surface area contributed by atoms with Gasteiger partial charge in [0, 0.05) is 3.57 Å². The van der Waals surface area contributed by atoms with Crippen LogP contribution < -0.4 is 4.74 Å². The van der Waals surface area contributed by atoms with Crippen molar-refractivity contribution >= 4 is 28.6 Å². The van der Waals surface area contributed by atoms with Gasteiger partial charge in [-0.3, -0.25) is 0 Å². The monoisotopic (exact) mass is 448 g/mol. The second-order valence-electron chi connectivity index (χ2n) is 4.67. The fourth-order valence-corrected chi connectivity index (χ4v) is 2.32. The average molecular weight is 448 g/mol. The molecule has 3 nitrogen and oxygen atoms in total. The normalized spacial score (nSPS) is 12.3. The standard InChI is InChI=1S/C17H12F3IO3/c1-11(17(18,19)20)16(23-12-7-3-2-4-8-12)24-15(22)13-9-5-6-10-14(13)21/h2-10,16H,1H2. The van der Waals surface area contributed by atoms with E-state index in [2.05, 4.69) is 6.58 Å². The molecule has 0 aliphatic heterocycles. The molecule has 2 aromatic carbocycles. The molecule has 1 atom stereocenters. The number of para-hydroxylation sites is 1. The van der Waals surface area contributed by atoms with Gasteiger partial charge in [0.25, 0.3) is 6.29 Å². The first-order chi connectivity index (χ1) is 11.3. The summed E-state index contributed by atoms with van der Waals surface area (Å²) in [5.74, 6) is -0.796. The number of ether oxygens (including phenoxy) is 2. The van der Waals surface area contributed by atoms with E-state index >= 15 is 0 Å².